The molecule has 1 N–H and O–H groups in total. The molecule has 1 fully saturated rings. The second kappa shape index (κ2) is 9.87. The van der Waals surface area contributed by atoms with Gasteiger partial charge in [-0.05, 0) is 44.2 Å². The molecule has 1 saturated heterocycles. The van der Waals surface area contributed by atoms with Crippen molar-refractivity contribution in [2.45, 2.75) is 45.7 Å². The highest BCUT2D eigenvalue weighted by molar-refractivity contribution is 5.82. The zero-order chi connectivity index (χ0) is 20.8. The Morgan fingerprint density at radius 3 is 2.48 bits per heavy atom. The number of likely N-dealkylation sites (tertiary alicyclic amines) is 1. The van der Waals surface area contributed by atoms with Gasteiger partial charge < -0.3 is 19.9 Å². The zero-order valence-electron chi connectivity index (χ0n) is 17.4. The summed E-state index contributed by atoms with van der Waals surface area (Å²) in [6, 6.07) is 8.23. The molecule has 1 atom stereocenters. The van der Waals surface area contributed by atoms with Crippen molar-refractivity contribution in [2.75, 3.05) is 32.8 Å². The molecule has 0 spiro atoms. The van der Waals surface area contributed by atoms with Gasteiger partial charge in [-0.2, -0.15) is 0 Å². The van der Waals surface area contributed by atoms with Gasteiger partial charge in [0, 0.05) is 32.2 Å². The number of fused-ring (bicyclic) bond motifs is 1. The third-order valence-electron chi connectivity index (χ3n) is 5.51. The van der Waals surface area contributed by atoms with Crippen molar-refractivity contribution in [1.82, 2.24) is 15.1 Å². The van der Waals surface area contributed by atoms with Gasteiger partial charge in [0.1, 0.15) is 13.2 Å². The fraction of sp³-hybridized carbons (Fsp3) is 0.591. The minimum absolute atomic E-state index is 0.000948. The van der Waals surface area contributed by atoms with Crippen LogP contribution in [0.2, 0.25) is 0 Å². The Bertz CT molecular complexity index is 749. The minimum Gasteiger partial charge on any atom is -0.362 e. The molecule has 0 aromatic heterocycles. The van der Waals surface area contributed by atoms with Crippen LogP contribution in [0.4, 0.5) is 0 Å². The second-order valence-corrected chi connectivity index (χ2v) is 8.17. The molecule has 2 heterocycles. The minimum atomic E-state index is -0.176. The highest BCUT2D eigenvalue weighted by atomic mass is 16.5. The van der Waals surface area contributed by atoms with Gasteiger partial charge in [0.15, 0.2) is 0 Å². The van der Waals surface area contributed by atoms with Crippen LogP contribution in [0.15, 0.2) is 24.3 Å². The molecule has 158 valence electrons. The molecule has 2 aliphatic rings. The Hall–Kier alpha value is -2.41. The number of carbonyl (C=O) groups is 3. The first-order valence-corrected chi connectivity index (χ1v) is 10.4. The molecule has 3 amide bonds. The normalized spacial score (nSPS) is 19.1. The summed E-state index contributed by atoms with van der Waals surface area (Å²) in [6.45, 7) is 5.93. The Labute approximate surface area is 172 Å². The largest absolute Gasteiger partial charge is 0.362 e. The van der Waals surface area contributed by atoms with Crippen LogP contribution in [0.25, 0.3) is 0 Å². The van der Waals surface area contributed by atoms with Gasteiger partial charge in [-0.25, -0.2) is 0 Å². The first-order chi connectivity index (χ1) is 13.9. The monoisotopic (exact) mass is 401 g/mol. The van der Waals surface area contributed by atoms with E-state index in [1.165, 1.54) is 11.1 Å². The van der Waals surface area contributed by atoms with Crippen molar-refractivity contribution >= 4 is 17.7 Å². The summed E-state index contributed by atoms with van der Waals surface area (Å²) >= 11 is 0. The lowest BCUT2D eigenvalue weighted by molar-refractivity contribution is -0.144. The van der Waals surface area contributed by atoms with Gasteiger partial charge >= 0.3 is 0 Å². The molecule has 1 aromatic carbocycles. The van der Waals surface area contributed by atoms with E-state index in [1.807, 2.05) is 32.0 Å². The van der Waals surface area contributed by atoms with E-state index in [9.17, 15) is 14.4 Å². The average molecular weight is 402 g/mol. The van der Waals surface area contributed by atoms with Crippen molar-refractivity contribution in [3.8, 4) is 0 Å². The van der Waals surface area contributed by atoms with Crippen LogP contribution < -0.4 is 5.32 Å². The maximum atomic E-state index is 12.5. The molecule has 1 aromatic rings. The summed E-state index contributed by atoms with van der Waals surface area (Å²) in [7, 11) is 0. The van der Waals surface area contributed by atoms with E-state index < -0.39 is 0 Å². The van der Waals surface area contributed by atoms with E-state index in [4.69, 9.17) is 4.74 Å². The summed E-state index contributed by atoms with van der Waals surface area (Å²) < 4.78 is 5.43. The van der Waals surface area contributed by atoms with Crippen molar-refractivity contribution in [3.05, 3.63) is 35.4 Å². The summed E-state index contributed by atoms with van der Waals surface area (Å²) in [5.41, 5.74) is 2.45. The van der Waals surface area contributed by atoms with Gasteiger partial charge in [0.05, 0.1) is 5.92 Å². The Morgan fingerprint density at radius 2 is 1.76 bits per heavy atom. The van der Waals surface area contributed by atoms with Gasteiger partial charge in [0.2, 0.25) is 17.7 Å². The van der Waals surface area contributed by atoms with Crippen LogP contribution in [0.3, 0.4) is 0 Å². The van der Waals surface area contributed by atoms with Crippen LogP contribution >= 0.6 is 0 Å². The fourth-order valence-electron chi connectivity index (χ4n) is 3.94. The lowest BCUT2D eigenvalue weighted by atomic mass is 9.97. The maximum Gasteiger partial charge on any atom is 0.248 e. The van der Waals surface area contributed by atoms with Crippen molar-refractivity contribution in [3.63, 3.8) is 0 Å². The number of piperidine rings is 1. The number of hydrogen-bond donors (Lipinski definition) is 1. The third kappa shape index (κ3) is 5.79. The third-order valence-corrected chi connectivity index (χ3v) is 5.51. The van der Waals surface area contributed by atoms with Crippen LogP contribution in [0.1, 0.15) is 37.8 Å². The highest BCUT2D eigenvalue weighted by Gasteiger charge is 2.29. The van der Waals surface area contributed by atoms with Crippen LogP contribution in [0.5, 0.6) is 0 Å². The molecular weight excluding hydrogens is 370 g/mol. The van der Waals surface area contributed by atoms with Crippen LogP contribution in [-0.4, -0.2) is 66.4 Å². The number of hydrogen-bond acceptors (Lipinski definition) is 4. The summed E-state index contributed by atoms with van der Waals surface area (Å²) in [4.78, 5) is 40.6. The van der Waals surface area contributed by atoms with Crippen molar-refractivity contribution < 1.29 is 19.1 Å². The lowest BCUT2D eigenvalue weighted by Gasteiger charge is -2.32. The number of rotatable bonds is 6. The van der Waals surface area contributed by atoms with E-state index in [2.05, 4.69) is 11.4 Å². The number of nitrogens with one attached hydrogen (secondary N) is 1. The molecule has 3 rings (SSSR count). The van der Waals surface area contributed by atoms with Crippen LogP contribution in [-0.2, 0) is 32.1 Å². The predicted octanol–water partition coefficient (Wildman–Crippen LogP) is 1.35. The maximum absolute atomic E-state index is 12.5. The topological polar surface area (TPSA) is 79.0 Å². The first-order valence-electron chi connectivity index (χ1n) is 10.4. The first kappa shape index (κ1) is 21.3. The van der Waals surface area contributed by atoms with E-state index in [-0.39, 0.29) is 42.9 Å². The molecule has 0 saturated carbocycles. The number of benzene rings is 1. The molecule has 7 heteroatoms. The standard InChI is InChI=1S/C22H31N3O4/c1-16(2)23-22(28)19-8-5-10-24(13-19)20(26)14-29-15-21(27)25-11-9-17-6-3-4-7-18(17)12-25/h3-4,6-7,16,19H,5,8-15H2,1-2H3,(H,23,28). The molecule has 0 radical (unpaired) electrons. The molecule has 7 nitrogen and oxygen atoms in total. The highest BCUT2D eigenvalue weighted by Crippen LogP contribution is 2.19. The average Bonchev–Trinajstić information content (AvgIpc) is 2.72. The van der Waals surface area contributed by atoms with Crippen LogP contribution in [0, 0.1) is 5.92 Å². The molecule has 0 bridgehead atoms. The number of nitrogens with zero attached hydrogens (tertiary/aromatic N) is 2. The fourth-order valence-corrected chi connectivity index (χ4v) is 3.94. The summed E-state index contributed by atoms with van der Waals surface area (Å²) in [5.74, 6) is -0.437. The van der Waals surface area contributed by atoms with E-state index in [1.54, 1.807) is 9.80 Å². The quantitative estimate of drug-likeness (QED) is 0.781. The van der Waals surface area contributed by atoms with Crippen molar-refractivity contribution in [1.29, 1.82) is 0 Å². The Kier molecular flexibility index (Phi) is 7.25. The molecule has 0 aliphatic carbocycles. The molecule has 1 unspecified atom stereocenters. The smallest absolute Gasteiger partial charge is 0.248 e. The number of amides is 3. The van der Waals surface area contributed by atoms with Gasteiger partial charge in [-0.15, -0.1) is 0 Å². The van der Waals surface area contributed by atoms with Gasteiger partial charge in [-0.3, -0.25) is 14.4 Å². The van der Waals surface area contributed by atoms with Crippen molar-refractivity contribution in [2.24, 2.45) is 5.92 Å². The Balaban J connectivity index is 1.41. The van der Waals surface area contributed by atoms with E-state index in [0.29, 0.717) is 26.2 Å². The lowest BCUT2D eigenvalue weighted by Crippen LogP contribution is -2.47. The number of carbonyl (C=O) groups excluding carboxylic acids is 3. The second-order valence-electron chi connectivity index (χ2n) is 8.17. The molecule has 2 aliphatic heterocycles. The molecular formula is C22H31N3O4. The van der Waals surface area contributed by atoms with Gasteiger partial charge in [-0.1, -0.05) is 24.3 Å². The number of ether oxygens (including phenoxy) is 1. The summed E-state index contributed by atoms with van der Waals surface area (Å²) in [6.07, 6.45) is 2.43. The SMILES string of the molecule is CC(C)NC(=O)C1CCCN(C(=O)COCC(=O)N2CCc3ccccc3C2)C1. The zero-order valence-corrected chi connectivity index (χ0v) is 17.4. The predicted molar refractivity (Wildman–Crippen MR) is 109 cm³/mol. The summed E-state index contributed by atoms with van der Waals surface area (Å²) in [5, 5.41) is 2.92. The van der Waals surface area contributed by atoms with Gasteiger partial charge in [0.25, 0.3) is 0 Å². The van der Waals surface area contributed by atoms with E-state index in [0.717, 1.165) is 19.3 Å². The van der Waals surface area contributed by atoms with E-state index >= 15 is 0 Å². The Morgan fingerprint density at radius 1 is 1.07 bits per heavy atom. The molecule has 29 heavy (non-hydrogen) atoms.